The fourth-order valence-electron chi connectivity index (χ4n) is 2.99. The van der Waals surface area contributed by atoms with Crippen LogP contribution >= 0.6 is 0 Å². The zero-order valence-electron chi connectivity index (χ0n) is 11.6. The van der Waals surface area contributed by atoms with Crippen molar-refractivity contribution in [1.82, 2.24) is 5.32 Å². The Morgan fingerprint density at radius 3 is 2.41 bits per heavy atom. The molecule has 1 fully saturated rings. The van der Waals surface area contributed by atoms with Crippen molar-refractivity contribution in [3.63, 3.8) is 0 Å². The molecule has 0 aromatic carbocycles. The van der Waals surface area contributed by atoms with E-state index in [4.69, 9.17) is 0 Å². The second-order valence-electron chi connectivity index (χ2n) is 5.90. The van der Waals surface area contributed by atoms with Crippen molar-refractivity contribution in [2.45, 2.75) is 57.2 Å². The maximum absolute atomic E-state index is 11.6. The highest BCUT2D eigenvalue weighted by Gasteiger charge is 2.32. The third kappa shape index (κ3) is 4.59. The van der Waals surface area contributed by atoms with Crippen LogP contribution in [0.15, 0.2) is 0 Å². The molecule has 0 amide bonds. The van der Waals surface area contributed by atoms with Crippen LogP contribution in [0.25, 0.3) is 0 Å². The zero-order valence-corrected chi connectivity index (χ0v) is 12.4. The summed E-state index contributed by atoms with van der Waals surface area (Å²) < 4.78 is 23.3. The van der Waals surface area contributed by atoms with E-state index < -0.39 is 9.84 Å². The molecular formula is C13H27NO2S. The van der Waals surface area contributed by atoms with Crippen molar-refractivity contribution in [3.8, 4) is 0 Å². The maximum Gasteiger partial charge on any atom is 0.150 e. The van der Waals surface area contributed by atoms with Crippen LogP contribution in [0.1, 0.15) is 46.0 Å². The van der Waals surface area contributed by atoms with E-state index in [9.17, 15) is 8.42 Å². The van der Waals surface area contributed by atoms with Crippen molar-refractivity contribution in [2.75, 3.05) is 13.3 Å². The van der Waals surface area contributed by atoms with E-state index in [0.717, 1.165) is 25.7 Å². The Morgan fingerprint density at radius 2 is 1.94 bits per heavy atom. The van der Waals surface area contributed by atoms with Gasteiger partial charge in [-0.2, -0.15) is 0 Å². The van der Waals surface area contributed by atoms with Gasteiger partial charge in [-0.05, 0) is 44.6 Å². The maximum atomic E-state index is 11.6. The Labute approximate surface area is 106 Å². The highest BCUT2D eigenvalue weighted by atomic mass is 32.2. The lowest BCUT2D eigenvalue weighted by molar-refractivity contribution is 0.252. The smallest absolute Gasteiger partial charge is 0.150 e. The standard InChI is InChI=1S/C13H27NO2S/c1-10(2)8-13(14-3)11-6-5-7-12(9-11)17(4,15)16/h10-14H,5-9H2,1-4H3. The van der Waals surface area contributed by atoms with Gasteiger partial charge >= 0.3 is 0 Å². The molecule has 1 N–H and O–H groups in total. The van der Waals surface area contributed by atoms with Crippen LogP contribution < -0.4 is 5.32 Å². The Morgan fingerprint density at radius 1 is 1.29 bits per heavy atom. The minimum atomic E-state index is -2.86. The van der Waals surface area contributed by atoms with Crippen molar-refractivity contribution >= 4 is 9.84 Å². The molecule has 0 radical (unpaired) electrons. The van der Waals surface area contributed by atoms with Gasteiger partial charge in [-0.3, -0.25) is 0 Å². The molecule has 3 unspecified atom stereocenters. The minimum absolute atomic E-state index is 0.107. The normalized spacial score (nSPS) is 28.3. The largest absolute Gasteiger partial charge is 0.317 e. The molecule has 102 valence electrons. The minimum Gasteiger partial charge on any atom is -0.317 e. The number of sulfone groups is 1. The number of nitrogens with one attached hydrogen (secondary N) is 1. The lowest BCUT2D eigenvalue weighted by Crippen LogP contribution is -2.40. The average Bonchev–Trinajstić information content (AvgIpc) is 2.24. The first kappa shape index (κ1) is 15.0. The molecule has 0 heterocycles. The van der Waals surface area contributed by atoms with Gasteiger partial charge < -0.3 is 5.32 Å². The van der Waals surface area contributed by atoms with Gasteiger partial charge in [0.25, 0.3) is 0 Å². The highest BCUT2D eigenvalue weighted by Crippen LogP contribution is 2.32. The van der Waals surface area contributed by atoms with E-state index in [2.05, 4.69) is 19.2 Å². The van der Waals surface area contributed by atoms with Gasteiger partial charge in [-0.25, -0.2) is 8.42 Å². The number of rotatable bonds is 5. The van der Waals surface area contributed by atoms with Crippen molar-refractivity contribution in [1.29, 1.82) is 0 Å². The van der Waals surface area contributed by atoms with Crippen LogP contribution in [0.2, 0.25) is 0 Å². The summed E-state index contributed by atoms with van der Waals surface area (Å²) in [6.45, 7) is 4.45. The van der Waals surface area contributed by atoms with Gasteiger partial charge in [0, 0.05) is 12.3 Å². The van der Waals surface area contributed by atoms with Crippen LogP contribution in [0.4, 0.5) is 0 Å². The van der Waals surface area contributed by atoms with Gasteiger partial charge in [0.05, 0.1) is 5.25 Å². The fourth-order valence-corrected chi connectivity index (χ4v) is 4.18. The molecule has 3 nitrogen and oxygen atoms in total. The first-order valence-corrected chi connectivity index (χ1v) is 8.66. The molecule has 0 aromatic rings. The second-order valence-corrected chi connectivity index (χ2v) is 8.23. The highest BCUT2D eigenvalue weighted by molar-refractivity contribution is 7.91. The van der Waals surface area contributed by atoms with Crippen molar-refractivity contribution < 1.29 is 8.42 Å². The van der Waals surface area contributed by atoms with Crippen LogP contribution in [-0.2, 0) is 9.84 Å². The van der Waals surface area contributed by atoms with Gasteiger partial charge in [-0.1, -0.05) is 20.3 Å². The summed E-state index contributed by atoms with van der Waals surface area (Å²) in [5.41, 5.74) is 0. The molecule has 1 aliphatic rings. The number of hydrogen-bond donors (Lipinski definition) is 1. The van der Waals surface area contributed by atoms with Crippen LogP contribution in [0.5, 0.6) is 0 Å². The molecule has 17 heavy (non-hydrogen) atoms. The SMILES string of the molecule is CNC(CC(C)C)C1CCCC(S(C)(=O)=O)C1. The molecule has 1 saturated carbocycles. The lowest BCUT2D eigenvalue weighted by atomic mass is 9.81. The molecule has 3 atom stereocenters. The van der Waals surface area contributed by atoms with E-state index in [-0.39, 0.29) is 5.25 Å². The topological polar surface area (TPSA) is 46.2 Å². The quantitative estimate of drug-likeness (QED) is 0.825. The monoisotopic (exact) mass is 261 g/mol. The molecule has 0 spiro atoms. The molecule has 1 rings (SSSR count). The van der Waals surface area contributed by atoms with Crippen molar-refractivity contribution in [2.24, 2.45) is 11.8 Å². The third-order valence-electron chi connectivity index (χ3n) is 3.94. The molecule has 0 saturated heterocycles. The summed E-state index contributed by atoms with van der Waals surface area (Å²) in [6.07, 6.45) is 6.45. The summed E-state index contributed by atoms with van der Waals surface area (Å²) in [6, 6.07) is 0.472. The Hall–Kier alpha value is -0.0900. The van der Waals surface area contributed by atoms with Crippen LogP contribution in [0.3, 0.4) is 0 Å². The van der Waals surface area contributed by atoms with E-state index in [1.54, 1.807) is 0 Å². The molecule has 0 aliphatic heterocycles. The first-order chi connectivity index (χ1) is 7.84. The van der Waals surface area contributed by atoms with Gasteiger partial charge in [-0.15, -0.1) is 0 Å². The van der Waals surface area contributed by atoms with E-state index in [1.165, 1.54) is 12.7 Å². The Balaban J connectivity index is 2.64. The summed E-state index contributed by atoms with van der Waals surface area (Å²) in [5.74, 6) is 1.18. The second kappa shape index (κ2) is 6.19. The van der Waals surface area contributed by atoms with Gasteiger partial charge in [0.2, 0.25) is 0 Å². The molecule has 4 heteroatoms. The summed E-state index contributed by atoms with van der Waals surface area (Å²) in [4.78, 5) is 0. The zero-order chi connectivity index (χ0) is 13.1. The van der Waals surface area contributed by atoms with E-state index >= 15 is 0 Å². The predicted octanol–water partition coefficient (Wildman–Crippen LogP) is 2.22. The number of hydrogen-bond acceptors (Lipinski definition) is 3. The van der Waals surface area contributed by atoms with E-state index in [1.807, 2.05) is 7.05 Å². The Kier molecular flexibility index (Phi) is 5.45. The van der Waals surface area contributed by atoms with Gasteiger partial charge in [0.1, 0.15) is 9.84 Å². The average molecular weight is 261 g/mol. The molecule has 0 aromatic heterocycles. The summed E-state index contributed by atoms with van der Waals surface area (Å²) >= 11 is 0. The van der Waals surface area contributed by atoms with Crippen molar-refractivity contribution in [3.05, 3.63) is 0 Å². The van der Waals surface area contributed by atoms with Gasteiger partial charge in [0.15, 0.2) is 0 Å². The lowest BCUT2D eigenvalue weighted by Gasteiger charge is -2.34. The van der Waals surface area contributed by atoms with Crippen LogP contribution in [-0.4, -0.2) is 33.0 Å². The van der Waals surface area contributed by atoms with Crippen LogP contribution in [0, 0.1) is 11.8 Å². The molecule has 0 bridgehead atoms. The summed E-state index contributed by atoms with van der Waals surface area (Å²) in [7, 11) is -0.860. The molecular weight excluding hydrogens is 234 g/mol. The van der Waals surface area contributed by atoms with E-state index in [0.29, 0.717) is 17.9 Å². The summed E-state index contributed by atoms with van der Waals surface area (Å²) in [5, 5.41) is 3.27. The first-order valence-electron chi connectivity index (χ1n) is 6.70. The Bertz CT molecular complexity index is 324. The molecule has 1 aliphatic carbocycles. The predicted molar refractivity (Wildman–Crippen MR) is 72.9 cm³/mol. The fraction of sp³-hybridized carbons (Fsp3) is 1.00. The third-order valence-corrected chi connectivity index (χ3v) is 5.58.